The molecular weight excluding hydrogens is 412 g/mol. The van der Waals surface area contributed by atoms with Gasteiger partial charge in [-0.2, -0.15) is 0 Å². The third kappa shape index (κ3) is 5.15. The SMILES string of the molecule is Cl.O=C(O)CCCCCCC(=O)Oc1ccc2c3ccccc3c3ccccc3c2c1. The molecule has 0 unspecified atom stereocenters. The number of rotatable bonds is 8. The van der Waals surface area contributed by atoms with Crippen molar-refractivity contribution in [3.05, 3.63) is 66.7 Å². The fraction of sp³-hybridized carbons (Fsp3) is 0.231. The standard InChI is InChI=1S/C26H24O4.ClH/c27-25(28)13-3-1-2-4-14-26(29)30-18-15-16-23-21-11-6-5-9-19(21)20-10-7-8-12-22(20)24(23)17-18;/h5-12,15-17H,1-4,13-14H2,(H,27,28);1H. The van der Waals surface area contributed by atoms with Crippen molar-refractivity contribution in [1.29, 1.82) is 0 Å². The lowest BCUT2D eigenvalue weighted by atomic mass is 9.94. The van der Waals surface area contributed by atoms with Crippen molar-refractivity contribution in [3.8, 4) is 5.75 Å². The number of carboxylic acids is 1. The molecule has 4 aromatic carbocycles. The first-order chi connectivity index (χ1) is 14.6. The normalized spacial score (nSPS) is 10.8. The van der Waals surface area contributed by atoms with Crippen LogP contribution in [0, 0.1) is 0 Å². The van der Waals surface area contributed by atoms with Gasteiger partial charge in [0.05, 0.1) is 0 Å². The molecular formula is C26H25ClO4. The molecule has 0 heterocycles. The van der Waals surface area contributed by atoms with Gasteiger partial charge < -0.3 is 9.84 Å². The second-order valence-electron chi connectivity index (χ2n) is 7.58. The molecule has 0 saturated carbocycles. The van der Waals surface area contributed by atoms with Crippen LogP contribution in [-0.2, 0) is 9.59 Å². The molecule has 0 amide bonds. The Labute approximate surface area is 187 Å². The zero-order valence-electron chi connectivity index (χ0n) is 17.2. The number of benzene rings is 4. The van der Waals surface area contributed by atoms with Gasteiger partial charge in [-0.3, -0.25) is 9.59 Å². The summed E-state index contributed by atoms with van der Waals surface area (Å²) in [7, 11) is 0. The highest BCUT2D eigenvalue weighted by atomic mass is 35.5. The van der Waals surface area contributed by atoms with E-state index in [4.69, 9.17) is 9.84 Å². The highest BCUT2D eigenvalue weighted by Crippen LogP contribution is 2.36. The van der Waals surface area contributed by atoms with E-state index in [0.29, 0.717) is 25.0 Å². The third-order valence-corrected chi connectivity index (χ3v) is 5.47. The predicted molar refractivity (Wildman–Crippen MR) is 127 cm³/mol. The smallest absolute Gasteiger partial charge is 0.311 e. The Balaban J connectivity index is 0.00000272. The van der Waals surface area contributed by atoms with Crippen LogP contribution in [0.5, 0.6) is 5.75 Å². The summed E-state index contributed by atoms with van der Waals surface area (Å²) in [4.78, 5) is 22.8. The third-order valence-electron chi connectivity index (χ3n) is 5.47. The lowest BCUT2D eigenvalue weighted by Crippen LogP contribution is -2.07. The van der Waals surface area contributed by atoms with E-state index in [1.165, 1.54) is 16.2 Å². The van der Waals surface area contributed by atoms with Crippen molar-refractivity contribution >= 4 is 56.7 Å². The van der Waals surface area contributed by atoms with Gasteiger partial charge in [0.2, 0.25) is 0 Å². The zero-order chi connectivity index (χ0) is 20.9. The van der Waals surface area contributed by atoms with Crippen LogP contribution in [-0.4, -0.2) is 17.0 Å². The van der Waals surface area contributed by atoms with Crippen LogP contribution in [0.1, 0.15) is 38.5 Å². The topological polar surface area (TPSA) is 63.6 Å². The predicted octanol–water partition coefficient (Wildman–Crippen LogP) is 6.90. The van der Waals surface area contributed by atoms with Gasteiger partial charge in [-0.15, -0.1) is 12.4 Å². The first-order valence-corrected chi connectivity index (χ1v) is 10.4. The first-order valence-electron chi connectivity index (χ1n) is 10.4. The summed E-state index contributed by atoms with van der Waals surface area (Å²) in [5, 5.41) is 15.6. The van der Waals surface area contributed by atoms with Gasteiger partial charge in [0.15, 0.2) is 0 Å². The number of ether oxygens (including phenoxy) is 1. The fourth-order valence-corrected chi connectivity index (χ4v) is 4.03. The molecule has 0 aliphatic rings. The number of esters is 1. The van der Waals surface area contributed by atoms with Crippen molar-refractivity contribution in [1.82, 2.24) is 0 Å². The quantitative estimate of drug-likeness (QED) is 0.141. The molecule has 0 bridgehead atoms. The van der Waals surface area contributed by atoms with Gasteiger partial charge >= 0.3 is 11.9 Å². The average molecular weight is 437 g/mol. The lowest BCUT2D eigenvalue weighted by Gasteiger charge is -2.12. The Kier molecular flexibility index (Phi) is 7.48. The second kappa shape index (κ2) is 10.3. The van der Waals surface area contributed by atoms with Crippen LogP contribution in [0.4, 0.5) is 0 Å². The van der Waals surface area contributed by atoms with E-state index in [-0.39, 0.29) is 24.8 Å². The van der Waals surface area contributed by atoms with E-state index < -0.39 is 5.97 Å². The van der Waals surface area contributed by atoms with Crippen molar-refractivity contribution in [2.24, 2.45) is 0 Å². The maximum Gasteiger partial charge on any atom is 0.311 e. The van der Waals surface area contributed by atoms with E-state index in [9.17, 15) is 9.59 Å². The Morgan fingerprint density at radius 1 is 0.645 bits per heavy atom. The number of hydrogen-bond acceptors (Lipinski definition) is 3. The van der Waals surface area contributed by atoms with Crippen LogP contribution < -0.4 is 4.74 Å². The average Bonchev–Trinajstić information content (AvgIpc) is 2.76. The summed E-state index contributed by atoms with van der Waals surface area (Å²) < 4.78 is 5.60. The molecule has 1 N–H and O–H groups in total. The van der Waals surface area contributed by atoms with Crippen molar-refractivity contribution < 1.29 is 19.4 Å². The molecule has 0 aromatic heterocycles. The van der Waals surface area contributed by atoms with Gasteiger partial charge in [-0.25, -0.2) is 0 Å². The monoisotopic (exact) mass is 436 g/mol. The summed E-state index contributed by atoms with van der Waals surface area (Å²) in [6, 6.07) is 22.5. The molecule has 0 atom stereocenters. The first kappa shape index (κ1) is 22.6. The summed E-state index contributed by atoms with van der Waals surface area (Å²) in [5.74, 6) is -0.470. The van der Waals surface area contributed by atoms with Gasteiger partial charge in [0.25, 0.3) is 0 Å². The van der Waals surface area contributed by atoms with Crippen LogP contribution in [0.3, 0.4) is 0 Å². The van der Waals surface area contributed by atoms with E-state index >= 15 is 0 Å². The van der Waals surface area contributed by atoms with Crippen molar-refractivity contribution in [2.75, 3.05) is 0 Å². The molecule has 4 aromatic rings. The second-order valence-corrected chi connectivity index (χ2v) is 7.58. The minimum absolute atomic E-state index is 0. The number of carbonyl (C=O) groups excluding carboxylic acids is 1. The molecule has 0 fully saturated rings. The highest BCUT2D eigenvalue weighted by Gasteiger charge is 2.11. The number of halogens is 1. The molecule has 4 nitrogen and oxygen atoms in total. The lowest BCUT2D eigenvalue weighted by molar-refractivity contribution is -0.137. The van der Waals surface area contributed by atoms with Crippen LogP contribution >= 0.6 is 12.4 Å². The maximum atomic E-state index is 12.2. The van der Waals surface area contributed by atoms with Gasteiger partial charge in [-0.1, -0.05) is 67.4 Å². The number of hydrogen-bond donors (Lipinski definition) is 1. The van der Waals surface area contributed by atoms with E-state index in [1.807, 2.05) is 36.4 Å². The Morgan fingerprint density at radius 2 is 1.13 bits per heavy atom. The number of fused-ring (bicyclic) bond motifs is 6. The minimum Gasteiger partial charge on any atom is -0.481 e. The van der Waals surface area contributed by atoms with E-state index in [2.05, 4.69) is 30.3 Å². The zero-order valence-corrected chi connectivity index (χ0v) is 18.0. The largest absolute Gasteiger partial charge is 0.481 e. The molecule has 0 radical (unpaired) electrons. The number of unbranched alkanes of at least 4 members (excludes halogenated alkanes) is 3. The van der Waals surface area contributed by atoms with Crippen LogP contribution in [0.15, 0.2) is 66.7 Å². The van der Waals surface area contributed by atoms with E-state index in [0.717, 1.165) is 29.0 Å². The van der Waals surface area contributed by atoms with Crippen LogP contribution in [0.2, 0.25) is 0 Å². The van der Waals surface area contributed by atoms with Gasteiger partial charge in [-0.05, 0) is 57.3 Å². The number of carbonyl (C=O) groups is 2. The molecule has 4 rings (SSSR count). The summed E-state index contributed by atoms with van der Waals surface area (Å²) in [5.41, 5.74) is 0. The summed E-state index contributed by atoms with van der Waals surface area (Å²) in [6.07, 6.45) is 3.52. The van der Waals surface area contributed by atoms with Crippen molar-refractivity contribution in [3.63, 3.8) is 0 Å². The number of aliphatic carboxylic acids is 1. The molecule has 5 heteroatoms. The molecule has 31 heavy (non-hydrogen) atoms. The Bertz CT molecular complexity index is 1200. The summed E-state index contributed by atoms with van der Waals surface area (Å²) in [6.45, 7) is 0. The minimum atomic E-state index is -0.772. The molecule has 160 valence electrons. The van der Waals surface area contributed by atoms with Crippen LogP contribution in [0.25, 0.3) is 32.3 Å². The fourth-order valence-electron chi connectivity index (χ4n) is 4.03. The van der Waals surface area contributed by atoms with E-state index in [1.54, 1.807) is 0 Å². The van der Waals surface area contributed by atoms with Crippen molar-refractivity contribution in [2.45, 2.75) is 38.5 Å². The maximum absolute atomic E-state index is 12.2. The molecule has 0 saturated heterocycles. The van der Waals surface area contributed by atoms with Gasteiger partial charge in [0.1, 0.15) is 5.75 Å². The molecule has 0 aliphatic heterocycles. The highest BCUT2D eigenvalue weighted by molar-refractivity contribution is 6.25. The molecule has 0 spiro atoms. The Hall–Kier alpha value is -3.11. The molecule has 0 aliphatic carbocycles. The van der Waals surface area contributed by atoms with Gasteiger partial charge in [0, 0.05) is 12.8 Å². The summed E-state index contributed by atoms with van der Waals surface area (Å²) >= 11 is 0. The number of carboxylic acid groups (broad SMARTS) is 1. The Morgan fingerprint density at radius 3 is 1.68 bits per heavy atom.